The summed E-state index contributed by atoms with van der Waals surface area (Å²) in [6.07, 6.45) is 5.74. The molecular formula is C28H21N5O4S. The third kappa shape index (κ3) is 5.25. The first-order valence-corrected chi connectivity index (χ1v) is 13.4. The van der Waals surface area contributed by atoms with Crippen molar-refractivity contribution in [1.29, 1.82) is 0 Å². The van der Waals surface area contributed by atoms with E-state index < -0.39 is 21.8 Å². The maximum Gasteiger partial charge on any atom is 0.283 e. The van der Waals surface area contributed by atoms with Crippen LogP contribution in [0, 0.1) is 0 Å². The van der Waals surface area contributed by atoms with Gasteiger partial charge in [-0.2, -0.15) is 0 Å². The SMILES string of the molecule is CS(=O)(=O)Nc1ccc(-c2cnc3cccc(N(C(=O)c4ccccn4)C(=O)c4ccccn4)c3c2)cc1. The van der Waals surface area contributed by atoms with Crippen LogP contribution in [0.25, 0.3) is 22.0 Å². The second kappa shape index (κ2) is 10.2. The van der Waals surface area contributed by atoms with Crippen molar-refractivity contribution in [2.75, 3.05) is 15.9 Å². The number of fused-ring (bicyclic) bond motifs is 1. The molecule has 5 rings (SSSR count). The van der Waals surface area contributed by atoms with Gasteiger partial charge in [0, 0.05) is 35.2 Å². The Kier molecular flexibility index (Phi) is 6.63. The van der Waals surface area contributed by atoms with Crippen LogP contribution in [0.15, 0.2) is 104 Å². The number of pyridine rings is 3. The minimum atomic E-state index is -3.40. The lowest BCUT2D eigenvalue weighted by molar-refractivity contribution is 0.0892. The molecule has 0 bridgehead atoms. The molecule has 0 aliphatic rings. The van der Waals surface area contributed by atoms with Crippen LogP contribution < -0.4 is 9.62 Å². The zero-order chi connectivity index (χ0) is 26.7. The number of nitrogens with zero attached hydrogens (tertiary/aromatic N) is 4. The van der Waals surface area contributed by atoms with Gasteiger partial charge in [-0.15, -0.1) is 0 Å². The van der Waals surface area contributed by atoms with Gasteiger partial charge < -0.3 is 0 Å². The fraction of sp³-hybridized carbons (Fsp3) is 0.0357. The number of nitrogens with one attached hydrogen (secondary N) is 1. The molecule has 188 valence electrons. The zero-order valence-electron chi connectivity index (χ0n) is 20.1. The highest BCUT2D eigenvalue weighted by atomic mass is 32.2. The van der Waals surface area contributed by atoms with Crippen LogP contribution in [-0.2, 0) is 10.0 Å². The molecule has 10 heteroatoms. The second-order valence-electron chi connectivity index (χ2n) is 8.40. The van der Waals surface area contributed by atoms with Crippen LogP contribution in [0.1, 0.15) is 21.0 Å². The molecule has 0 saturated heterocycles. The van der Waals surface area contributed by atoms with E-state index in [1.807, 2.05) is 6.07 Å². The first kappa shape index (κ1) is 24.7. The molecule has 3 heterocycles. The molecule has 9 nitrogen and oxygen atoms in total. The van der Waals surface area contributed by atoms with Crippen molar-refractivity contribution >= 4 is 44.1 Å². The normalized spacial score (nSPS) is 11.2. The van der Waals surface area contributed by atoms with Crippen molar-refractivity contribution in [3.05, 3.63) is 115 Å². The number of benzene rings is 2. The number of hydrogen-bond donors (Lipinski definition) is 1. The van der Waals surface area contributed by atoms with Crippen molar-refractivity contribution in [3.8, 4) is 11.1 Å². The van der Waals surface area contributed by atoms with Gasteiger partial charge in [0.2, 0.25) is 10.0 Å². The van der Waals surface area contributed by atoms with E-state index in [0.29, 0.717) is 27.8 Å². The molecule has 0 aliphatic carbocycles. The quantitative estimate of drug-likeness (QED) is 0.324. The second-order valence-corrected chi connectivity index (χ2v) is 10.1. The predicted octanol–water partition coefficient (Wildman–Crippen LogP) is 4.55. The fourth-order valence-electron chi connectivity index (χ4n) is 3.95. The molecule has 5 aromatic rings. The Balaban J connectivity index is 1.63. The van der Waals surface area contributed by atoms with Crippen molar-refractivity contribution in [3.63, 3.8) is 0 Å². The molecule has 0 fully saturated rings. The van der Waals surface area contributed by atoms with E-state index in [9.17, 15) is 18.0 Å². The number of anilines is 2. The Labute approximate surface area is 218 Å². The number of carbonyl (C=O) groups is 2. The maximum atomic E-state index is 13.6. The predicted molar refractivity (Wildman–Crippen MR) is 145 cm³/mol. The highest BCUT2D eigenvalue weighted by molar-refractivity contribution is 7.92. The molecule has 0 unspecified atom stereocenters. The Bertz CT molecular complexity index is 1690. The van der Waals surface area contributed by atoms with Crippen molar-refractivity contribution < 1.29 is 18.0 Å². The minimum absolute atomic E-state index is 0.104. The molecule has 0 atom stereocenters. The third-order valence-corrected chi connectivity index (χ3v) is 6.25. The van der Waals surface area contributed by atoms with Gasteiger partial charge in [-0.25, -0.2) is 13.3 Å². The van der Waals surface area contributed by atoms with Gasteiger partial charge in [-0.3, -0.25) is 29.3 Å². The third-order valence-electron chi connectivity index (χ3n) is 5.64. The first-order chi connectivity index (χ1) is 18.3. The molecule has 2 amide bonds. The summed E-state index contributed by atoms with van der Waals surface area (Å²) < 4.78 is 25.5. The van der Waals surface area contributed by atoms with Gasteiger partial charge >= 0.3 is 0 Å². The van der Waals surface area contributed by atoms with E-state index in [-0.39, 0.29) is 11.4 Å². The number of aromatic nitrogens is 3. The minimum Gasteiger partial charge on any atom is -0.284 e. The van der Waals surface area contributed by atoms with Gasteiger partial charge in [-0.05, 0) is 60.2 Å². The maximum absolute atomic E-state index is 13.6. The molecule has 0 spiro atoms. The van der Waals surface area contributed by atoms with E-state index in [1.54, 1.807) is 85.1 Å². The number of sulfonamides is 1. The largest absolute Gasteiger partial charge is 0.284 e. The Morgan fingerprint density at radius 3 is 1.92 bits per heavy atom. The van der Waals surface area contributed by atoms with Crippen molar-refractivity contribution in [1.82, 2.24) is 15.0 Å². The van der Waals surface area contributed by atoms with Gasteiger partial charge in [0.25, 0.3) is 11.8 Å². The number of carbonyl (C=O) groups excluding carboxylic acids is 2. The van der Waals surface area contributed by atoms with Crippen LogP contribution in [-0.4, -0.2) is 41.4 Å². The van der Waals surface area contributed by atoms with E-state index in [2.05, 4.69) is 19.7 Å². The smallest absolute Gasteiger partial charge is 0.283 e. The van der Waals surface area contributed by atoms with Gasteiger partial charge in [0.1, 0.15) is 11.4 Å². The molecule has 0 saturated carbocycles. The van der Waals surface area contributed by atoms with E-state index >= 15 is 0 Å². The lowest BCUT2D eigenvalue weighted by atomic mass is 10.0. The van der Waals surface area contributed by atoms with Crippen molar-refractivity contribution in [2.24, 2.45) is 0 Å². The number of rotatable bonds is 6. The molecule has 0 aliphatic heterocycles. The monoisotopic (exact) mass is 523 g/mol. The summed E-state index contributed by atoms with van der Waals surface area (Å²) in [6, 6.07) is 23.6. The molecule has 1 N–H and O–H groups in total. The van der Waals surface area contributed by atoms with E-state index in [0.717, 1.165) is 16.7 Å². The summed E-state index contributed by atoms with van der Waals surface area (Å²) >= 11 is 0. The van der Waals surface area contributed by atoms with E-state index in [4.69, 9.17) is 0 Å². The zero-order valence-corrected chi connectivity index (χ0v) is 21.0. The fourth-order valence-corrected chi connectivity index (χ4v) is 4.51. The number of hydrogen-bond acceptors (Lipinski definition) is 7. The molecule has 3 aromatic heterocycles. The van der Waals surface area contributed by atoms with Gasteiger partial charge in [0.05, 0.1) is 17.5 Å². The average Bonchev–Trinajstić information content (AvgIpc) is 2.93. The Hall–Kier alpha value is -4.96. The van der Waals surface area contributed by atoms with Crippen LogP contribution >= 0.6 is 0 Å². The lowest BCUT2D eigenvalue weighted by Crippen LogP contribution is -2.38. The molecule has 2 aromatic carbocycles. The molecule has 0 radical (unpaired) electrons. The summed E-state index contributed by atoms with van der Waals surface area (Å²) in [5.41, 5.74) is 3.03. The lowest BCUT2D eigenvalue weighted by Gasteiger charge is -2.22. The topological polar surface area (TPSA) is 122 Å². The summed E-state index contributed by atoms with van der Waals surface area (Å²) in [4.78, 5) is 41.2. The summed E-state index contributed by atoms with van der Waals surface area (Å²) in [6.45, 7) is 0. The average molecular weight is 524 g/mol. The summed E-state index contributed by atoms with van der Waals surface area (Å²) in [5, 5.41) is 0.567. The summed E-state index contributed by atoms with van der Waals surface area (Å²) in [7, 11) is -3.40. The molecule has 38 heavy (non-hydrogen) atoms. The van der Waals surface area contributed by atoms with Crippen molar-refractivity contribution in [2.45, 2.75) is 0 Å². The molecular weight excluding hydrogens is 502 g/mol. The Morgan fingerprint density at radius 1 is 0.737 bits per heavy atom. The van der Waals surface area contributed by atoms with E-state index in [1.165, 1.54) is 12.4 Å². The number of amides is 2. The Morgan fingerprint density at radius 2 is 1.37 bits per heavy atom. The first-order valence-electron chi connectivity index (χ1n) is 11.5. The highest BCUT2D eigenvalue weighted by Gasteiger charge is 2.29. The van der Waals surface area contributed by atoms with Crippen LogP contribution in [0.3, 0.4) is 0 Å². The van der Waals surface area contributed by atoms with Crippen LogP contribution in [0.4, 0.5) is 11.4 Å². The van der Waals surface area contributed by atoms with Gasteiger partial charge in [0.15, 0.2) is 0 Å². The summed E-state index contributed by atoms with van der Waals surface area (Å²) in [5.74, 6) is -1.20. The highest BCUT2D eigenvalue weighted by Crippen LogP contribution is 2.32. The van der Waals surface area contributed by atoms with Crippen LogP contribution in [0.5, 0.6) is 0 Å². The number of imide groups is 1. The van der Waals surface area contributed by atoms with Crippen LogP contribution in [0.2, 0.25) is 0 Å². The standard InChI is InChI=1S/C28H21N5O4S/c1-38(36,37)32-21-13-11-19(12-14-21)20-17-22-23(31-18-20)9-6-10-26(22)33(27(34)24-7-2-4-15-29-24)28(35)25-8-3-5-16-30-25/h2-18,32H,1H3. The van der Waals surface area contributed by atoms with Gasteiger partial charge in [-0.1, -0.05) is 30.3 Å².